The van der Waals surface area contributed by atoms with Crippen LogP contribution < -0.4 is 0 Å². The van der Waals surface area contributed by atoms with Crippen molar-refractivity contribution in [2.45, 2.75) is 51.4 Å². The molecule has 192 valence electrons. The molecule has 1 aliphatic carbocycles. The second kappa shape index (κ2) is 12.1. The van der Waals surface area contributed by atoms with Crippen LogP contribution in [0.3, 0.4) is 0 Å². The Bertz CT molecular complexity index is 1400. The van der Waals surface area contributed by atoms with Crippen molar-refractivity contribution >= 4 is 22.7 Å². The fourth-order valence-corrected chi connectivity index (χ4v) is 5.84. The fraction of sp³-hybridized carbons (Fsp3) is 0.222. The van der Waals surface area contributed by atoms with Crippen LogP contribution in [0.2, 0.25) is 0 Å². The molecule has 0 atom stereocenters. The third-order valence-corrected chi connectivity index (χ3v) is 7.91. The van der Waals surface area contributed by atoms with Crippen LogP contribution in [0.1, 0.15) is 44.5 Å². The molecule has 0 amide bonds. The first-order chi connectivity index (χ1) is 19.7. The molecule has 0 heterocycles. The number of rotatable bonds is 0. The van der Waals surface area contributed by atoms with E-state index in [1.54, 1.807) is 0 Å². The van der Waals surface area contributed by atoms with E-state index < -0.39 is 0 Å². The van der Waals surface area contributed by atoms with Crippen LogP contribution >= 0.6 is 0 Å². The van der Waals surface area contributed by atoms with Gasteiger partial charge in [0, 0.05) is 0 Å². The van der Waals surface area contributed by atoms with Crippen molar-refractivity contribution in [1.82, 2.24) is 0 Å². The average Bonchev–Trinajstić information content (AvgIpc) is 2.99. The van der Waals surface area contributed by atoms with Crippen LogP contribution in [0.5, 0.6) is 0 Å². The third kappa shape index (κ3) is 5.36. The molecule has 0 unspecified atom stereocenters. The maximum absolute atomic E-state index is 7.94. The van der Waals surface area contributed by atoms with Crippen LogP contribution in [-0.4, -0.2) is 0 Å². The molecular formula is C36H28N4. The molecule has 0 radical (unpaired) electrons. The van der Waals surface area contributed by atoms with Gasteiger partial charge in [0.2, 0.25) is 0 Å². The summed E-state index contributed by atoms with van der Waals surface area (Å²) in [5.41, 5.74) is 10.8. The Labute approximate surface area is 236 Å². The van der Waals surface area contributed by atoms with Crippen molar-refractivity contribution in [2.24, 2.45) is 0 Å². The molecule has 1 aliphatic rings. The summed E-state index contributed by atoms with van der Waals surface area (Å²) < 4.78 is 0. The zero-order valence-electron chi connectivity index (χ0n) is 22.4. The molecule has 0 saturated heterocycles. The minimum absolute atomic E-state index is 0.685. The maximum Gasteiger partial charge on any atom is 0.193 e. The topological polar surface area (TPSA) is 17.4 Å². The largest absolute Gasteiger partial charge is 0.238 e. The summed E-state index contributed by atoms with van der Waals surface area (Å²) in [6.07, 6.45) is 5.48. The number of benzene rings is 4. The van der Waals surface area contributed by atoms with Gasteiger partial charge in [-0.15, -0.1) is 0 Å². The fourth-order valence-electron chi connectivity index (χ4n) is 5.84. The second-order valence-corrected chi connectivity index (χ2v) is 10.1. The predicted molar refractivity (Wildman–Crippen MR) is 160 cm³/mol. The number of hydrogen-bond donors (Lipinski definition) is 0. The predicted octanol–water partition coefficient (Wildman–Crippen LogP) is 9.34. The van der Waals surface area contributed by atoms with Crippen molar-refractivity contribution in [2.75, 3.05) is 0 Å². The second-order valence-electron chi connectivity index (χ2n) is 10.1. The number of para-hydroxylation sites is 4. The van der Waals surface area contributed by atoms with Crippen LogP contribution in [0, 0.1) is 26.3 Å². The molecule has 4 aromatic carbocycles. The molecule has 0 aliphatic heterocycles. The van der Waals surface area contributed by atoms with E-state index in [0.717, 1.165) is 44.5 Å². The van der Waals surface area contributed by atoms with Crippen molar-refractivity contribution in [1.29, 1.82) is 0 Å². The summed E-state index contributed by atoms with van der Waals surface area (Å²) in [5, 5.41) is 0. The Balaban J connectivity index is 1.60. The lowest BCUT2D eigenvalue weighted by molar-refractivity contribution is 0.917. The van der Waals surface area contributed by atoms with Gasteiger partial charge in [0.1, 0.15) is 0 Å². The van der Waals surface area contributed by atoms with Crippen molar-refractivity contribution in [3.63, 3.8) is 0 Å². The van der Waals surface area contributed by atoms with Crippen LogP contribution in [-0.2, 0) is 51.4 Å². The molecule has 4 nitrogen and oxygen atoms in total. The molecule has 0 fully saturated rings. The minimum atomic E-state index is 0.685. The SMILES string of the molecule is [C-]#[N+]c1c2cccc1CCc1cccc(c1[N+]#[C-])CCc1cccc(c1[N+]#[C-])CCc1cccc(c1[N+]#[C-])CC2. The standard InChI is InChI=1S/C36H28N4/c1-37-33-25-9-5-10-26(33)18-20-28-12-7-14-30(35(28)39-3)22-24-32-16-8-15-31(36(32)40-4)23-21-29-13-6-11-27(19-17-25)34(29)38-2/h5-16H,17-24H2. The van der Waals surface area contributed by atoms with Crippen LogP contribution in [0.4, 0.5) is 22.7 Å². The minimum Gasteiger partial charge on any atom is -0.238 e. The summed E-state index contributed by atoms with van der Waals surface area (Å²) in [4.78, 5) is 15.7. The van der Waals surface area contributed by atoms with Crippen molar-refractivity contribution in [3.8, 4) is 0 Å². The Kier molecular flexibility index (Phi) is 8.02. The molecule has 5 rings (SSSR count). The molecule has 40 heavy (non-hydrogen) atoms. The molecule has 0 spiro atoms. The highest BCUT2D eigenvalue weighted by molar-refractivity contribution is 5.64. The van der Waals surface area contributed by atoms with Gasteiger partial charge in [-0.05, 0) is 95.9 Å². The lowest BCUT2D eigenvalue weighted by atomic mass is 9.92. The molecule has 0 N–H and O–H groups in total. The highest BCUT2D eigenvalue weighted by Crippen LogP contribution is 2.34. The van der Waals surface area contributed by atoms with Crippen LogP contribution in [0.15, 0.2) is 72.8 Å². The Morgan fingerprint density at radius 1 is 0.300 bits per heavy atom. The van der Waals surface area contributed by atoms with Gasteiger partial charge in [0.05, 0.1) is 26.3 Å². The van der Waals surface area contributed by atoms with Crippen molar-refractivity contribution in [3.05, 3.63) is 163 Å². The highest BCUT2D eigenvalue weighted by Gasteiger charge is 2.16. The molecular weight excluding hydrogens is 488 g/mol. The van der Waals surface area contributed by atoms with Gasteiger partial charge >= 0.3 is 0 Å². The van der Waals surface area contributed by atoms with E-state index in [1.165, 1.54) is 0 Å². The van der Waals surface area contributed by atoms with Gasteiger partial charge in [-0.2, -0.15) is 0 Å². The van der Waals surface area contributed by atoms with E-state index in [1.807, 2.05) is 72.8 Å². The van der Waals surface area contributed by atoms with Gasteiger partial charge in [-0.3, -0.25) is 0 Å². The zero-order valence-corrected chi connectivity index (χ0v) is 22.4. The summed E-state index contributed by atoms with van der Waals surface area (Å²) in [5.74, 6) is 0. The van der Waals surface area contributed by atoms with Gasteiger partial charge in [-0.1, -0.05) is 72.8 Å². The third-order valence-electron chi connectivity index (χ3n) is 7.91. The van der Waals surface area contributed by atoms with E-state index in [0.29, 0.717) is 74.1 Å². The first-order valence-electron chi connectivity index (χ1n) is 13.6. The number of hydrogen-bond acceptors (Lipinski definition) is 0. The molecule has 8 bridgehead atoms. The average molecular weight is 517 g/mol. The summed E-state index contributed by atoms with van der Waals surface area (Å²) in [6, 6.07) is 24.3. The number of nitrogens with zero attached hydrogens (tertiary/aromatic N) is 4. The normalized spacial score (nSPS) is 13.1. The monoisotopic (exact) mass is 516 g/mol. The van der Waals surface area contributed by atoms with Crippen LogP contribution in [0.25, 0.3) is 19.4 Å². The Hall–Kier alpha value is -5.16. The molecule has 0 saturated carbocycles. The van der Waals surface area contributed by atoms with E-state index in [9.17, 15) is 0 Å². The van der Waals surface area contributed by atoms with Gasteiger partial charge in [0.25, 0.3) is 0 Å². The first-order valence-corrected chi connectivity index (χ1v) is 13.6. The highest BCUT2D eigenvalue weighted by atomic mass is 14.7. The summed E-state index contributed by atoms with van der Waals surface area (Å²) >= 11 is 0. The van der Waals surface area contributed by atoms with E-state index in [-0.39, 0.29) is 0 Å². The quantitative estimate of drug-likeness (QED) is 0.207. The van der Waals surface area contributed by atoms with Gasteiger partial charge in [0.15, 0.2) is 22.7 Å². The number of fused-ring (bicyclic) bond motifs is 8. The number of aryl methyl sites for hydroxylation is 8. The molecule has 0 aromatic heterocycles. The van der Waals surface area contributed by atoms with E-state index in [2.05, 4.69) is 19.4 Å². The van der Waals surface area contributed by atoms with Gasteiger partial charge in [-0.25, -0.2) is 19.4 Å². The lowest BCUT2D eigenvalue weighted by Gasteiger charge is -2.15. The van der Waals surface area contributed by atoms with E-state index in [4.69, 9.17) is 26.3 Å². The molecule has 4 heteroatoms. The Morgan fingerprint density at radius 3 is 0.575 bits per heavy atom. The van der Waals surface area contributed by atoms with Crippen molar-refractivity contribution < 1.29 is 0 Å². The first kappa shape index (κ1) is 26.4. The smallest absolute Gasteiger partial charge is 0.193 e. The van der Waals surface area contributed by atoms with Gasteiger partial charge < -0.3 is 0 Å². The molecule has 4 aromatic rings. The lowest BCUT2D eigenvalue weighted by Crippen LogP contribution is -2.01. The van der Waals surface area contributed by atoms with E-state index >= 15 is 0 Å². The summed E-state index contributed by atoms with van der Waals surface area (Å²) in [7, 11) is 0. The maximum atomic E-state index is 7.94. The zero-order chi connectivity index (χ0) is 27.9. The summed E-state index contributed by atoms with van der Waals surface area (Å²) in [6.45, 7) is 31.8. The Morgan fingerprint density at radius 2 is 0.450 bits per heavy atom.